The van der Waals surface area contributed by atoms with Crippen LogP contribution in [0.25, 0.3) is 0 Å². The fraction of sp³-hybridized carbons (Fsp3) is 0.700. The smallest absolute Gasteiger partial charge is 0.221 e. The summed E-state index contributed by atoms with van der Waals surface area (Å²) in [6.45, 7) is 1.47. The highest BCUT2D eigenvalue weighted by Gasteiger charge is 1.97. The summed E-state index contributed by atoms with van der Waals surface area (Å²) in [5.41, 5.74) is 0. The average Bonchev–Trinajstić information content (AvgIpc) is 2.14. The lowest BCUT2D eigenvalue weighted by molar-refractivity contribution is -0.120. The van der Waals surface area contributed by atoms with E-state index in [0.717, 1.165) is 32.4 Å². The van der Waals surface area contributed by atoms with E-state index in [-0.39, 0.29) is 5.91 Å². The highest BCUT2D eigenvalue weighted by Crippen LogP contribution is 1.91. The normalized spacial score (nSPS) is 9.23. The fourth-order valence-corrected chi connectivity index (χ4v) is 0.907. The zero-order chi connectivity index (χ0) is 9.94. The van der Waals surface area contributed by atoms with Gasteiger partial charge in [0, 0.05) is 25.9 Å². The molecule has 0 aromatic carbocycles. The van der Waals surface area contributed by atoms with Crippen molar-refractivity contribution in [3.8, 4) is 12.3 Å². The minimum absolute atomic E-state index is 0.107. The molecule has 0 bridgehead atoms. The molecule has 13 heavy (non-hydrogen) atoms. The van der Waals surface area contributed by atoms with Gasteiger partial charge in [0.05, 0.1) is 0 Å². The van der Waals surface area contributed by atoms with E-state index in [2.05, 4.69) is 16.6 Å². The standard InChI is InChI=1S/C10H18N2O/c1-3-4-5-6-8-12-10(13)7-9-11-2/h1,11H,4-9H2,2H3,(H,12,13). The van der Waals surface area contributed by atoms with Crippen LogP contribution in [-0.2, 0) is 4.79 Å². The van der Waals surface area contributed by atoms with Crippen molar-refractivity contribution >= 4 is 5.91 Å². The first kappa shape index (κ1) is 12.0. The Morgan fingerprint density at radius 3 is 2.77 bits per heavy atom. The molecule has 3 nitrogen and oxygen atoms in total. The third kappa shape index (κ3) is 8.90. The first-order valence-electron chi connectivity index (χ1n) is 4.66. The number of amides is 1. The van der Waals surface area contributed by atoms with Gasteiger partial charge < -0.3 is 10.6 Å². The van der Waals surface area contributed by atoms with Crippen molar-refractivity contribution in [3.63, 3.8) is 0 Å². The minimum atomic E-state index is 0.107. The lowest BCUT2D eigenvalue weighted by Gasteiger charge is -2.03. The third-order valence-corrected chi connectivity index (χ3v) is 1.67. The Hall–Kier alpha value is -1.01. The van der Waals surface area contributed by atoms with Gasteiger partial charge in [0.2, 0.25) is 5.91 Å². The van der Waals surface area contributed by atoms with Crippen molar-refractivity contribution in [2.45, 2.75) is 25.7 Å². The second-order valence-electron chi connectivity index (χ2n) is 2.86. The van der Waals surface area contributed by atoms with Crippen molar-refractivity contribution < 1.29 is 4.79 Å². The van der Waals surface area contributed by atoms with E-state index < -0.39 is 0 Å². The number of carbonyl (C=O) groups excluding carboxylic acids is 1. The molecular formula is C10H18N2O. The van der Waals surface area contributed by atoms with Gasteiger partial charge in [0.25, 0.3) is 0 Å². The Morgan fingerprint density at radius 1 is 1.38 bits per heavy atom. The Bertz CT molecular complexity index is 172. The number of terminal acetylenes is 1. The van der Waals surface area contributed by atoms with E-state index in [1.165, 1.54) is 0 Å². The predicted molar refractivity (Wildman–Crippen MR) is 54.2 cm³/mol. The quantitative estimate of drug-likeness (QED) is 0.445. The topological polar surface area (TPSA) is 41.1 Å². The Morgan fingerprint density at radius 2 is 2.15 bits per heavy atom. The van der Waals surface area contributed by atoms with Crippen LogP contribution in [0.2, 0.25) is 0 Å². The van der Waals surface area contributed by atoms with Gasteiger partial charge in [-0.2, -0.15) is 0 Å². The van der Waals surface area contributed by atoms with Gasteiger partial charge in [-0.3, -0.25) is 4.79 Å². The SMILES string of the molecule is C#CCCCCNC(=O)CCNC. The van der Waals surface area contributed by atoms with E-state index in [0.29, 0.717) is 6.42 Å². The molecule has 0 aliphatic rings. The summed E-state index contributed by atoms with van der Waals surface area (Å²) in [4.78, 5) is 11.0. The van der Waals surface area contributed by atoms with Crippen LogP contribution in [0.4, 0.5) is 0 Å². The van der Waals surface area contributed by atoms with Crippen LogP contribution in [0.5, 0.6) is 0 Å². The predicted octanol–water partition coefficient (Wildman–Crippen LogP) is 0.516. The molecule has 0 aliphatic heterocycles. The Labute approximate surface area is 80.3 Å². The summed E-state index contributed by atoms with van der Waals surface area (Å²) < 4.78 is 0. The lowest BCUT2D eigenvalue weighted by Crippen LogP contribution is -2.27. The van der Waals surface area contributed by atoms with E-state index in [1.54, 1.807) is 0 Å². The molecule has 0 spiro atoms. The fourth-order valence-electron chi connectivity index (χ4n) is 0.907. The zero-order valence-corrected chi connectivity index (χ0v) is 8.23. The molecule has 1 amide bonds. The summed E-state index contributed by atoms with van der Waals surface area (Å²) >= 11 is 0. The number of rotatable bonds is 7. The lowest BCUT2D eigenvalue weighted by atomic mass is 10.2. The maximum Gasteiger partial charge on any atom is 0.221 e. The first-order chi connectivity index (χ1) is 6.31. The molecule has 3 heteroatoms. The second-order valence-corrected chi connectivity index (χ2v) is 2.86. The number of hydrogen-bond acceptors (Lipinski definition) is 2. The molecule has 0 radical (unpaired) electrons. The summed E-state index contributed by atoms with van der Waals surface area (Å²) in [5, 5.41) is 5.75. The van der Waals surface area contributed by atoms with E-state index in [9.17, 15) is 4.79 Å². The van der Waals surface area contributed by atoms with E-state index >= 15 is 0 Å². The summed E-state index contributed by atoms with van der Waals surface area (Å²) in [7, 11) is 1.83. The minimum Gasteiger partial charge on any atom is -0.356 e. The molecule has 0 saturated heterocycles. The van der Waals surface area contributed by atoms with Crippen LogP contribution in [0.1, 0.15) is 25.7 Å². The van der Waals surface area contributed by atoms with Gasteiger partial charge in [-0.05, 0) is 19.9 Å². The van der Waals surface area contributed by atoms with Crippen LogP contribution < -0.4 is 10.6 Å². The molecular weight excluding hydrogens is 164 g/mol. The van der Waals surface area contributed by atoms with Crippen molar-refractivity contribution in [1.29, 1.82) is 0 Å². The molecule has 74 valence electrons. The molecule has 0 aromatic rings. The monoisotopic (exact) mass is 182 g/mol. The Balaban J connectivity index is 3.13. The summed E-state index contributed by atoms with van der Waals surface area (Å²) in [6, 6.07) is 0. The van der Waals surface area contributed by atoms with Crippen LogP contribution in [0.3, 0.4) is 0 Å². The highest BCUT2D eigenvalue weighted by molar-refractivity contribution is 5.75. The largest absolute Gasteiger partial charge is 0.356 e. The molecule has 0 rings (SSSR count). The molecule has 0 fully saturated rings. The van der Waals surface area contributed by atoms with Gasteiger partial charge in [0.1, 0.15) is 0 Å². The van der Waals surface area contributed by atoms with Crippen molar-refractivity contribution in [1.82, 2.24) is 10.6 Å². The summed E-state index contributed by atoms with van der Waals surface area (Å²) in [5.74, 6) is 2.67. The molecule has 0 aromatic heterocycles. The third-order valence-electron chi connectivity index (χ3n) is 1.67. The second kappa shape index (κ2) is 9.08. The van der Waals surface area contributed by atoms with Crippen LogP contribution in [-0.4, -0.2) is 26.0 Å². The maximum absolute atomic E-state index is 11.0. The molecule has 0 saturated carbocycles. The molecule has 2 N–H and O–H groups in total. The van der Waals surface area contributed by atoms with E-state index in [1.807, 2.05) is 7.05 Å². The Kier molecular flexibility index (Phi) is 8.38. The maximum atomic E-state index is 11.0. The zero-order valence-electron chi connectivity index (χ0n) is 8.23. The van der Waals surface area contributed by atoms with Crippen LogP contribution in [0, 0.1) is 12.3 Å². The van der Waals surface area contributed by atoms with Crippen molar-refractivity contribution in [2.75, 3.05) is 20.1 Å². The molecule has 0 unspecified atom stereocenters. The van der Waals surface area contributed by atoms with Gasteiger partial charge in [-0.1, -0.05) is 0 Å². The van der Waals surface area contributed by atoms with Gasteiger partial charge in [-0.15, -0.1) is 12.3 Å². The van der Waals surface area contributed by atoms with E-state index in [4.69, 9.17) is 6.42 Å². The van der Waals surface area contributed by atoms with Gasteiger partial charge >= 0.3 is 0 Å². The van der Waals surface area contributed by atoms with Gasteiger partial charge in [0.15, 0.2) is 0 Å². The number of carbonyl (C=O) groups is 1. The highest BCUT2D eigenvalue weighted by atomic mass is 16.1. The number of hydrogen-bond donors (Lipinski definition) is 2. The molecule has 0 heterocycles. The van der Waals surface area contributed by atoms with Crippen LogP contribution in [0.15, 0.2) is 0 Å². The van der Waals surface area contributed by atoms with Crippen LogP contribution >= 0.6 is 0 Å². The average molecular weight is 182 g/mol. The van der Waals surface area contributed by atoms with Gasteiger partial charge in [-0.25, -0.2) is 0 Å². The molecule has 0 aliphatic carbocycles. The number of unbranched alkanes of at least 4 members (excludes halogenated alkanes) is 2. The first-order valence-corrected chi connectivity index (χ1v) is 4.66. The van der Waals surface area contributed by atoms with Crippen molar-refractivity contribution in [2.24, 2.45) is 0 Å². The number of nitrogens with one attached hydrogen (secondary N) is 2. The van der Waals surface area contributed by atoms with Crippen molar-refractivity contribution in [3.05, 3.63) is 0 Å². The summed E-state index contributed by atoms with van der Waals surface area (Å²) in [6.07, 6.45) is 8.39. The molecule has 0 atom stereocenters.